The number of nitrogens with two attached hydrogens (primary N) is 1. The Hall–Kier alpha value is -0.590. The minimum absolute atomic E-state index is 0.00524. The maximum absolute atomic E-state index is 12.1. The maximum Gasteiger partial charge on any atom is 0.403 e. The van der Waals surface area contributed by atoms with Crippen molar-refractivity contribution in [3.05, 3.63) is 22.2 Å². The van der Waals surface area contributed by atoms with Crippen LogP contribution in [0.25, 0.3) is 0 Å². The summed E-state index contributed by atoms with van der Waals surface area (Å²) in [7, 11) is 0. The minimum Gasteiger partial charge on any atom is -0.320 e. The van der Waals surface area contributed by atoms with Crippen LogP contribution in [0.2, 0.25) is 10.3 Å². The van der Waals surface area contributed by atoms with Crippen LogP contribution in [-0.2, 0) is 6.42 Å². The molecule has 0 spiro atoms. The molecule has 2 N–H and O–H groups in total. The summed E-state index contributed by atoms with van der Waals surface area (Å²) in [6, 6.07) is -2.03. The highest BCUT2D eigenvalue weighted by Gasteiger charge is 2.37. The van der Waals surface area contributed by atoms with E-state index in [0.717, 1.165) is 6.33 Å². The van der Waals surface area contributed by atoms with Gasteiger partial charge in [-0.2, -0.15) is 13.2 Å². The van der Waals surface area contributed by atoms with Crippen molar-refractivity contribution in [1.29, 1.82) is 0 Å². The van der Waals surface area contributed by atoms with Gasteiger partial charge in [-0.3, -0.25) is 0 Å². The minimum atomic E-state index is -4.50. The van der Waals surface area contributed by atoms with E-state index in [9.17, 15) is 13.2 Å². The first-order chi connectivity index (χ1) is 6.82. The van der Waals surface area contributed by atoms with Crippen molar-refractivity contribution in [3.63, 3.8) is 0 Å². The van der Waals surface area contributed by atoms with Gasteiger partial charge in [-0.25, -0.2) is 9.97 Å². The molecule has 1 atom stereocenters. The summed E-state index contributed by atoms with van der Waals surface area (Å²) >= 11 is 11.1. The second-order valence-electron chi connectivity index (χ2n) is 2.79. The standard InChI is InChI=1S/C7H6Cl2F3N3/c8-5-3(6(9)15-2-14-5)1-4(13)7(10,11)12/h2,4H,1,13H2. The second kappa shape index (κ2) is 4.51. The van der Waals surface area contributed by atoms with E-state index in [1.54, 1.807) is 0 Å². The average Bonchev–Trinajstić information content (AvgIpc) is 2.09. The highest BCUT2D eigenvalue weighted by molar-refractivity contribution is 6.34. The van der Waals surface area contributed by atoms with Crippen LogP contribution in [0, 0.1) is 0 Å². The Morgan fingerprint density at radius 2 is 1.73 bits per heavy atom. The molecule has 0 saturated heterocycles. The maximum atomic E-state index is 12.1. The Morgan fingerprint density at radius 3 is 2.13 bits per heavy atom. The van der Waals surface area contributed by atoms with Crippen LogP contribution in [0.1, 0.15) is 5.56 Å². The predicted octanol–water partition coefficient (Wildman–Crippen LogP) is 2.22. The number of halogens is 5. The van der Waals surface area contributed by atoms with Crippen molar-refractivity contribution in [2.45, 2.75) is 18.6 Å². The lowest BCUT2D eigenvalue weighted by Gasteiger charge is -2.15. The fourth-order valence-corrected chi connectivity index (χ4v) is 1.34. The fourth-order valence-electron chi connectivity index (χ4n) is 0.875. The molecule has 0 bridgehead atoms. The van der Waals surface area contributed by atoms with Gasteiger partial charge < -0.3 is 5.73 Å². The van der Waals surface area contributed by atoms with Gasteiger partial charge in [0.1, 0.15) is 22.7 Å². The molecule has 15 heavy (non-hydrogen) atoms. The monoisotopic (exact) mass is 259 g/mol. The van der Waals surface area contributed by atoms with Gasteiger partial charge >= 0.3 is 6.18 Å². The van der Waals surface area contributed by atoms with Gasteiger partial charge in [0.2, 0.25) is 0 Å². The number of aromatic nitrogens is 2. The largest absolute Gasteiger partial charge is 0.403 e. The van der Waals surface area contributed by atoms with Gasteiger partial charge in [0, 0.05) is 12.0 Å². The topological polar surface area (TPSA) is 51.8 Å². The van der Waals surface area contributed by atoms with Gasteiger partial charge in [0.15, 0.2) is 0 Å². The molecule has 3 nitrogen and oxygen atoms in total. The van der Waals surface area contributed by atoms with Crippen LogP contribution in [0.4, 0.5) is 13.2 Å². The lowest BCUT2D eigenvalue weighted by Crippen LogP contribution is -2.39. The first-order valence-electron chi connectivity index (χ1n) is 3.79. The summed E-state index contributed by atoms with van der Waals surface area (Å²) in [5, 5.41) is -0.232. The SMILES string of the molecule is NC(Cc1c(Cl)ncnc1Cl)C(F)(F)F. The summed E-state index contributed by atoms with van der Waals surface area (Å²) in [6.45, 7) is 0. The van der Waals surface area contributed by atoms with Crippen LogP contribution in [0.5, 0.6) is 0 Å². The van der Waals surface area contributed by atoms with E-state index in [0.29, 0.717) is 0 Å². The van der Waals surface area contributed by atoms with E-state index in [-0.39, 0.29) is 15.9 Å². The van der Waals surface area contributed by atoms with Crippen LogP contribution in [-0.4, -0.2) is 22.2 Å². The third kappa shape index (κ3) is 3.19. The molecule has 0 aliphatic heterocycles. The summed E-state index contributed by atoms with van der Waals surface area (Å²) in [5.74, 6) is 0. The molecule has 1 rings (SSSR count). The normalized spacial score (nSPS) is 14.0. The molecular weight excluding hydrogens is 254 g/mol. The molecule has 0 aromatic carbocycles. The van der Waals surface area contributed by atoms with Gasteiger partial charge in [-0.15, -0.1) is 0 Å². The van der Waals surface area contributed by atoms with Crippen molar-refractivity contribution in [2.24, 2.45) is 5.73 Å². The molecule has 1 aromatic rings. The molecular formula is C7H6Cl2F3N3. The van der Waals surface area contributed by atoms with Crippen molar-refractivity contribution < 1.29 is 13.2 Å². The molecule has 0 radical (unpaired) electrons. The van der Waals surface area contributed by atoms with Crippen LogP contribution in [0.3, 0.4) is 0 Å². The summed E-state index contributed by atoms with van der Waals surface area (Å²) in [6.07, 6.45) is -3.97. The van der Waals surface area contributed by atoms with Crippen LogP contribution >= 0.6 is 23.2 Å². The summed E-state index contributed by atoms with van der Waals surface area (Å²) in [4.78, 5) is 7.04. The quantitative estimate of drug-likeness (QED) is 0.829. The smallest absolute Gasteiger partial charge is 0.320 e. The summed E-state index contributed by atoms with van der Waals surface area (Å²) in [5.41, 5.74) is 4.93. The van der Waals surface area contributed by atoms with Crippen molar-refractivity contribution in [2.75, 3.05) is 0 Å². The van der Waals surface area contributed by atoms with Crippen molar-refractivity contribution in [3.8, 4) is 0 Å². The Labute approximate surface area is 93.4 Å². The molecule has 0 fully saturated rings. The van der Waals surface area contributed by atoms with Gasteiger partial charge in [0.05, 0.1) is 0 Å². The Bertz CT molecular complexity index is 336. The number of hydrogen-bond acceptors (Lipinski definition) is 3. The molecule has 1 heterocycles. The number of nitrogens with zero attached hydrogens (tertiary/aromatic N) is 2. The van der Waals surface area contributed by atoms with Crippen LogP contribution < -0.4 is 5.73 Å². The average molecular weight is 260 g/mol. The molecule has 1 aromatic heterocycles. The number of hydrogen-bond donors (Lipinski definition) is 1. The third-order valence-corrected chi connectivity index (χ3v) is 2.34. The van der Waals surface area contributed by atoms with E-state index in [2.05, 4.69) is 9.97 Å². The molecule has 84 valence electrons. The van der Waals surface area contributed by atoms with E-state index in [1.807, 2.05) is 0 Å². The lowest BCUT2D eigenvalue weighted by atomic mass is 10.1. The van der Waals surface area contributed by atoms with E-state index in [1.165, 1.54) is 0 Å². The molecule has 0 aliphatic carbocycles. The van der Waals surface area contributed by atoms with E-state index >= 15 is 0 Å². The Balaban J connectivity index is 2.90. The number of alkyl halides is 3. The highest BCUT2D eigenvalue weighted by atomic mass is 35.5. The zero-order valence-electron chi connectivity index (χ0n) is 7.22. The van der Waals surface area contributed by atoms with Crippen LogP contribution in [0.15, 0.2) is 6.33 Å². The summed E-state index contributed by atoms with van der Waals surface area (Å²) < 4.78 is 36.4. The zero-order chi connectivity index (χ0) is 11.6. The molecule has 8 heteroatoms. The number of rotatable bonds is 2. The third-order valence-electron chi connectivity index (χ3n) is 1.68. The van der Waals surface area contributed by atoms with Gasteiger partial charge in [0.25, 0.3) is 0 Å². The second-order valence-corrected chi connectivity index (χ2v) is 3.50. The highest BCUT2D eigenvalue weighted by Crippen LogP contribution is 2.26. The Kier molecular flexibility index (Phi) is 3.75. The molecule has 0 aliphatic rings. The predicted molar refractivity (Wildman–Crippen MR) is 49.8 cm³/mol. The van der Waals surface area contributed by atoms with E-state index < -0.39 is 18.6 Å². The van der Waals surface area contributed by atoms with Gasteiger partial charge in [-0.1, -0.05) is 23.2 Å². The van der Waals surface area contributed by atoms with Crippen molar-refractivity contribution in [1.82, 2.24) is 9.97 Å². The van der Waals surface area contributed by atoms with Crippen molar-refractivity contribution >= 4 is 23.2 Å². The molecule has 0 saturated carbocycles. The van der Waals surface area contributed by atoms with Gasteiger partial charge in [-0.05, 0) is 0 Å². The lowest BCUT2D eigenvalue weighted by molar-refractivity contribution is -0.147. The fraction of sp³-hybridized carbons (Fsp3) is 0.429. The molecule has 1 unspecified atom stereocenters. The Morgan fingerprint density at radius 1 is 1.27 bits per heavy atom. The first kappa shape index (κ1) is 12.5. The first-order valence-corrected chi connectivity index (χ1v) is 4.55. The zero-order valence-corrected chi connectivity index (χ0v) is 8.74. The molecule has 0 amide bonds. The van der Waals surface area contributed by atoms with E-state index in [4.69, 9.17) is 28.9 Å².